The zero-order valence-corrected chi connectivity index (χ0v) is 7.61. The maximum atomic E-state index is 10.9. The van der Waals surface area contributed by atoms with Crippen molar-refractivity contribution in [2.75, 3.05) is 0 Å². The molecule has 0 aromatic carbocycles. The van der Waals surface area contributed by atoms with Crippen LogP contribution in [0.4, 0.5) is 0 Å². The van der Waals surface area contributed by atoms with Gasteiger partial charge in [0.05, 0.1) is 0 Å². The second kappa shape index (κ2) is 3.64. The molecule has 0 spiro atoms. The summed E-state index contributed by atoms with van der Waals surface area (Å²) in [6, 6.07) is 0. The molecule has 0 radical (unpaired) electrons. The highest BCUT2D eigenvalue weighted by Gasteiger charge is 2.22. The molecule has 0 saturated heterocycles. The van der Waals surface area contributed by atoms with E-state index in [0.29, 0.717) is 0 Å². The summed E-state index contributed by atoms with van der Waals surface area (Å²) in [5.41, 5.74) is -0.861. The minimum atomic E-state index is -0.861. The molecule has 3 heteroatoms. The van der Waals surface area contributed by atoms with E-state index in [0.717, 1.165) is 0 Å². The van der Waals surface area contributed by atoms with E-state index in [4.69, 9.17) is 22.8 Å². The molecule has 2 nitrogen and oxygen atoms in total. The van der Waals surface area contributed by atoms with E-state index < -0.39 is 16.9 Å². The normalized spacial score (nSPS) is 13.4. The van der Waals surface area contributed by atoms with Crippen molar-refractivity contribution in [1.29, 1.82) is 0 Å². The molecule has 0 aromatic heterocycles. The lowest BCUT2D eigenvalue weighted by atomic mass is 10.1. The Labute approximate surface area is 71.9 Å². The van der Waals surface area contributed by atoms with Gasteiger partial charge in [-0.3, -0.25) is 4.79 Å². The summed E-state index contributed by atoms with van der Waals surface area (Å²) in [7, 11) is 0. The highest BCUT2D eigenvalue weighted by Crippen LogP contribution is 2.10. The first-order chi connectivity index (χ1) is 4.89. The monoisotopic (exact) mass is 174 g/mol. The molecule has 0 aliphatic rings. The first-order valence-electron chi connectivity index (χ1n) is 3.24. The lowest BCUT2D eigenvalue weighted by Gasteiger charge is -2.18. The van der Waals surface area contributed by atoms with Gasteiger partial charge < -0.3 is 4.74 Å². The number of alkyl halides is 1. The fourth-order valence-electron chi connectivity index (χ4n) is 0.362. The minimum Gasteiger partial charge on any atom is -0.445 e. The van der Waals surface area contributed by atoms with E-state index in [1.165, 1.54) is 6.92 Å². The van der Waals surface area contributed by atoms with Crippen molar-refractivity contribution in [3.05, 3.63) is 0 Å². The topological polar surface area (TPSA) is 26.3 Å². The minimum absolute atomic E-state index is 0.491. The Balaban J connectivity index is 4.08. The molecule has 0 rings (SSSR count). The van der Waals surface area contributed by atoms with Crippen molar-refractivity contribution in [2.45, 2.75) is 31.7 Å². The number of terminal acetylenes is 1. The average Bonchev–Trinajstić information content (AvgIpc) is 1.87. The van der Waals surface area contributed by atoms with Crippen LogP contribution < -0.4 is 0 Å². The highest BCUT2D eigenvalue weighted by atomic mass is 35.5. The molecular weight excluding hydrogens is 164 g/mol. The quantitative estimate of drug-likeness (QED) is 0.361. The average molecular weight is 175 g/mol. The number of carbonyl (C=O) groups is 1. The van der Waals surface area contributed by atoms with Gasteiger partial charge in [0.1, 0.15) is 5.38 Å². The van der Waals surface area contributed by atoms with Crippen LogP contribution in [0.2, 0.25) is 0 Å². The molecule has 0 aliphatic carbocycles. The Morgan fingerprint density at radius 1 is 1.73 bits per heavy atom. The number of ether oxygens (including phenoxy) is 1. The second-order valence-corrected chi connectivity index (χ2v) is 3.35. The first-order valence-corrected chi connectivity index (χ1v) is 3.67. The molecule has 1 unspecified atom stereocenters. The third kappa shape index (κ3) is 3.90. The van der Waals surface area contributed by atoms with Gasteiger partial charge >= 0.3 is 5.97 Å². The molecule has 62 valence electrons. The molecule has 0 N–H and O–H groups in total. The van der Waals surface area contributed by atoms with Crippen LogP contribution in [0.3, 0.4) is 0 Å². The van der Waals surface area contributed by atoms with Gasteiger partial charge in [-0.2, -0.15) is 0 Å². The summed E-state index contributed by atoms with van der Waals surface area (Å²) < 4.78 is 4.84. The van der Waals surface area contributed by atoms with Crippen LogP contribution in [0.5, 0.6) is 0 Å². The maximum absolute atomic E-state index is 10.9. The molecule has 1 atom stereocenters. The molecule has 0 heterocycles. The third-order valence-corrected chi connectivity index (χ3v) is 1.21. The molecule has 0 aliphatic heterocycles. The third-order valence-electron chi connectivity index (χ3n) is 1.03. The predicted molar refractivity (Wildman–Crippen MR) is 44.3 cm³/mol. The van der Waals surface area contributed by atoms with Gasteiger partial charge in [-0.25, -0.2) is 0 Å². The zero-order valence-electron chi connectivity index (χ0n) is 6.85. The molecule has 0 bridgehead atoms. The van der Waals surface area contributed by atoms with Crippen LogP contribution in [0.1, 0.15) is 20.8 Å². The van der Waals surface area contributed by atoms with E-state index in [2.05, 4.69) is 5.92 Å². The standard InChI is InChI=1S/C8H11ClO2/c1-5-8(3,4)11-7(10)6(2)9/h1,6H,2-4H3. The number of esters is 1. The van der Waals surface area contributed by atoms with Gasteiger partial charge in [-0.15, -0.1) is 18.0 Å². The van der Waals surface area contributed by atoms with Crippen molar-refractivity contribution < 1.29 is 9.53 Å². The van der Waals surface area contributed by atoms with Gasteiger partial charge in [-0.1, -0.05) is 5.92 Å². The summed E-state index contributed by atoms with van der Waals surface area (Å²) in [6.07, 6.45) is 5.08. The number of carbonyl (C=O) groups excluding carboxylic acids is 1. The number of hydrogen-bond acceptors (Lipinski definition) is 2. The second-order valence-electron chi connectivity index (χ2n) is 2.69. The van der Waals surface area contributed by atoms with Crippen LogP contribution in [0.15, 0.2) is 0 Å². The van der Waals surface area contributed by atoms with Gasteiger partial charge in [0.2, 0.25) is 0 Å². The fraction of sp³-hybridized carbons (Fsp3) is 0.625. The van der Waals surface area contributed by atoms with Crippen molar-refractivity contribution in [1.82, 2.24) is 0 Å². The van der Waals surface area contributed by atoms with Crippen LogP contribution in [0, 0.1) is 12.3 Å². The van der Waals surface area contributed by atoms with Crippen molar-refractivity contribution in [3.63, 3.8) is 0 Å². The molecule has 0 amide bonds. The first kappa shape index (κ1) is 10.3. The van der Waals surface area contributed by atoms with Crippen molar-refractivity contribution in [3.8, 4) is 12.3 Å². The number of halogens is 1. The molecule has 0 aromatic rings. The van der Waals surface area contributed by atoms with Crippen LogP contribution in [-0.4, -0.2) is 16.9 Å². The SMILES string of the molecule is C#CC(C)(C)OC(=O)C(C)Cl. The Hall–Kier alpha value is -0.680. The highest BCUT2D eigenvalue weighted by molar-refractivity contribution is 6.29. The lowest BCUT2D eigenvalue weighted by molar-refractivity contribution is -0.150. The Bertz CT molecular complexity index is 189. The Kier molecular flexibility index (Phi) is 3.41. The van der Waals surface area contributed by atoms with Crippen LogP contribution >= 0.6 is 11.6 Å². The largest absolute Gasteiger partial charge is 0.445 e. The maximum Gasteiger partial charge on any atom is 0.325 e. The van der Waals surface area contributed by atoms with Gasteiger partial charge in [0, 0.05) is 0 Å². The van der Waals surface area contributed by atoms with Crippen LogP contribution in [-0.2, 0) is 9.53 Å². The van der Waals surface area contributed by atoms with E-state index in [1.807, 2.05) is 0 Å². The molecular formula is C8H11ClO2. The molecule has 0 fully saturated rings. The van der Waals surface area contributed by atoms with Gasteiger partial charge in [-0.05, 0) is 20.8 Å². The predicted octanol–water partition coefficient (Wildman–Crippen LogP) is 1.57. The van der Waals surface area contributed by atoms with Crippen LogP contribution in [0.25, 0.3) is 0 Å². The van der Waals surface area contributed by atoms with E-state index in [9.17, 15) is 4.79 Å². The van der Waals surface area contributed by atoms with Crippen molar-refractivity contribution >= 4 is 17.6 Å². The smallest absolute Gasteiger partial charge is 0.325 e. The van der Waals surface area contributed by atoms with Crippen molar-refractivity contribution in [2.24, 2.45) is 0 Å². The van der Waals surface area contributed by atoms with Gasteiger partial charge in [0.25, 0.3) is 0 Å². The summed E-state index contributed by atoms with van der Waals surface area (Å²) in [5, 5.41) is -0.650. The van der Waals surface area contributed by atoms with Gasteiger partial charge in [0.15, 0.2) is 5.60 Å². The summed E-state index contributed by atoms with van der Waals surface area (Å²) in [5.74, 6) is 1.83. The molecule has 0 saturated carbocycles. The number of rotatable bonds is 2. The summed E-state index contributed by atoms with van der Waals surface area (Å²) >= 11 is 5.45. The lowest BCUT2D eigenvalue weighted by Crippen LogP contribution is -2.29. The fourth-order valence-corrected chi connectivity index (χ4v) is 0.407. The molecule has 11 heavy (non-hydrogen) atoms. The number of hydrogen-bond donors (Lipinski definition) is 0. The van der Waals surface area contributed by atoms with E-state index >= 15 is 0 Å². The van der Waals surface area contributed by atoms with E-state index in [1.54, 1.807) is 13.8 Å². The zero-order chi connectivity index (χ0) is 9.07. The Morgan fingerprint density at radius 3 is 2.45 bits per heavy atom. The Morgan fingerprint density at radius 2 is 2.18 bits per heavy atom. The van der Waals surface area contributed by atoms with E-state index in [-0.39, 0.29) is 0 Å². The summed E-state index contributed by atoms with van der Waals surface area (Å²) in [4.78, 5) is 10.9. The summed E-state index contributed by atoms with van der Waals surface area (Å²) in [6.45, 7) is 4.80.